The third-order valence-corrected chi connectivity index (χ3v) is 3.48. The van der Waals surface area contributed by atoms with Crippen molar-refractivity contribution in [2.45, 2.75) is 26.9 Å². The fourth-order valence-corrected chi connectivity index (χ4v) is 2.24. The van der Waals surface area contributed by atoms with Crippen molar-refractivity contribution in [1.82, 2.24) is 4.98 Å². The zero-order valence-corrected chi connectivity index (χ0v) is 10.1. The summed E-state index contributed by atoms with van der Waals surface area (Å²) in [5.41, 5.74) is 0.878. The normalized spacial score (nSPS) is 20.8. The number of aromatic nitrogens is 1. The average Bonchev–Trinajstić information content (AvgIpc) is 2.78. The van der Waals surface area contributed by atoms with Crippen LogP contribution in [0.5, 0.6) is 0 Å². The van der Waals surface area contributed by atoms with Crippen molar-refractivity contribution in [3.05, 3.63) is 23.9 Å². The molecule has 0 aliphatic carbocycles. The van der Waals surface area contributed by atoms with Gasteiger partial charge in [0.2, 0.25) is 0 Å². The van der Waals surface area contributed by atoms with E-state index in [4.69, 9.17) is 5.11 Å². The van der Waals surface area contributed by atoms with Crippen LogP contribution in [-0.4, -0.2) is 23.2 Å². The summed E-state index contributed by atoms with van der Waals surface area (Å²) in [4.78, 5) is 6.73. The van der Waals surface area contributed by atoms with E-state index in [-0.39, 0.29) is 6.61 Å². The van der Waals surface area contributed by atoms with Crippen molar-refractivity contribution in [1.29, 1.82) is 0 Å². The molecule has 1 N–H and O–H groups in total. The van der Waals surface area contributed by atoms with Gasteiger partial charge in [-0.1, -0.05) is 19.9 Å². The van der Waals surface area contributed by atoms with Crippen LogP contribution in [0.15, 0.2) is 18.3 Å². The summed E-state index contributed by atoms with van der Waals surface area (Å²) in [6.07, 6.45) is 3.03. The van der Waals surface area contributed by atoms with Crippen molar-refractivity contribution in [3.63, 3.8) is 0 Å². The maximum atomic E-state index is 8.96. The number of pyridine rings is 1. The molecular weight excluding hydrogens is 200 g/mol. The summed E-state index contributed by atoms with van der Waals surface area (Å²) < 4.78 is 0. The Hall–Kier alpha value is -1.09. The second-order valence-corrected chi connectivity index (χ2v) is 4.92. The van der Waals surface area contributed by atoms with Gasteiger partial charge in [0.1, 0.15) is 5.82 Å². The number of anilines is 1. The molecule has 1 aromatic heterocycles. The highest BCUT2D eigenvalue weighted by atomic mass is 16.3. The molecule has 0 amide bonds. The quantitative estimate of drug-likeness (QED) is 0.847. The minimum absolute atomic E-state index is 0.0713. The van der Waals surface area contributed by atoms with E-state index in [0.717, 1.165) is 36.3 Å². The number of aliphatic hydroxyl groups is 1. The minimum Gasteiger partial charge on any atom is -0.392 e. The predicted molar refractivity (Wildman–Crippen MR) is 65.3 cm³/mol. The first-order chi connectivity index (χ1) is 7.70. The highest BCUT2D eigenvalue weighted by molar-refractivity contribution is 5.40. The van der Waals surface area contributed by atoms with E-state index in [9.17, 15) is 0 Å². The van der Waals surface area contributed by atoms with E-state index in [1.54, 1.807) is 6.20 Å². The summed E-state index contributed by atoms with van der Waals surface area (Å²) in [5.74, 6) is 2.58. The van der Waals surface area contributed by atoms with Gasteiger partial charge < -0.3 is 10.0 Å². The summed E-state index contributed by atoms with van der Waals surface area (Å²) in [7, 11) is 0. The highest BCUT2D eigenvalue weighted by Gasteiger charge is 2.25. The number of nitrogens with zero attached hydrogens (tertiary/aromatic N) is 2. The van der Waals surface area contributed by atoms with E-state index >= 15 is 0 Å². The van der Waals surface area contributed by atoms with Crippen molar-refractivity contribution in [3.8, 4) is 0 Å². The molecule has 0 spiro atoms. The maximum Gasteiger partial charge on any atom is 0.128 e. The number of hydrogen-bond donors (Lipinski definition) is 1. The molecule has 0 bridgehead atoms. The molecule has 0 radical (unpaired) electrons. The van der Waals surface area contributed by atoms with E-state index in [1.165, 1.54) is 6.42 Å². The average molecular weight is 220 g/mol. The van der Waals surface area contributed by atoms with Crippen molar-refractivity contribution < 1.29 is 5.11 Å². The van der Waals surface area contributed by atoms with E-state index in [1.807, 2.05) is 12.1 Å². The smallest absolute Gasteiger partial charge is 0.128 e. The second kappa shape index (κ2) is 4.83. The zero-order valence-electron chi connectivity index (χ0n) is 10.1. The van der Waals surface area contributed by atoms with E-state index in [0.29, 0.717) is 0 Å². The molecular formula is C13H20N2O. The standard InChI is InChI=1S/C13H20N2O/c1-10(2)12-5-6-15(8-12)13-4-3-11(9-16)7-14-13/h3-4,7,10,12,16H,5-6,8-9H2,1-2H3/t12-/m0/s1. The van der Waals surface area contributed by atoms with E-state index in [2.05, 4.69) is 23.7 Å². The van der Waals surface area contributed by atoms with Gasteiger partial charge in [-0.2, -0.15) is 0 Å². The first kappa shape index (κ1) is 11.4. The lowest BCUT2D eigenvalue weighted by atomic mass is 9.95. The van der Waals surface area contributed by atoms with Crippen LogP contribution in [0, 0.1) is 11.8 Å². The first-order valence-corrected chi connectivity index (χ1v) is 6.01. The Kier molecular flexibility index (Phi) is 3.44. The van der Waals surface area contributed by atoms with Gasteiger partial charge in [0, 0.05) is 19.3 Å². The Balaban J connectivity index is 2.03. The van der Waals surface area contributed by atoms with Gasteiger partial charge in [-0.25, -0.2) is 4.98 Å². The lowest BCUT2D eigenvalue weighted by Gasteiger charge is -2.19. The molecule has 2 rings (SSSR count). The Morgan fingerprint density at radius 3 is 2.81 bits per heavy atom. The monoisotopic (exact) mass is 220 g/mol. The molecule has 0 unspecified atom stereocenters. The van der Waals surface area contributed by atoms with Gasteiger partial charge in [-0.15, -0.1) is 0 Å². The van der Waals surface area contributed by atoms with Crippen LogP contribution in [-0.2, 0) is 6.61 Å². The number of aliphatic hydroxyl groups excluding tert-OH is 1. The summed E-state index contributed by atoms with van der Waals surface area (Å²) >= 11 is 0. The molecule has 1 aliphatic heterocycles. The van der Waals surface area contributed by atoms with Crippen LogP contribution in [0.4, 0.5) is 5.82 Å². The Morgan fingerprint density at radius 1 is 1.50 bits per heavy atom. The highest BCUT2D eigenvalue weighted by Crippen LogP contribution is 2.26. The van der Waals surface area contributed by atoms with E-state index < -0.39 is 0 Å². The fraction of sp³-hybridized carbons (Fsp3) is 0.615. The lowest BCUT2D eigenvalue weighted by Crippen LogP contribution is -2.22. The molecule has 2 heterocycles. The Bertz CT molecular complexity index is 334. The van der Waals surface area contributed by atoms with Crippen molar-refractivity contribution >= 4 is 5.82 Å². The molecule has 3 nitrogen and oxygen atoms in total. The predicted octanol–water partition coefficient (Wildman–Crippen LogP) is 2.06. The summed E-state index contributed by atoms with van der Waals surface area (Å²) in [5, 5.41) is 8.96. The first-order valence-electron chi connectivity index (χ1n) is 6.01. The fourth-order valence-electron chi connectivity index (χ4n) is 2.24. The molecule has 1 atom stereocenters. The molecule has 88 valence electrons. The van der Waals surface area contributed by atoms with Crippen LogP contribution in [0.2, 0.25) is 0 Å². The molecule has 1 aromatic rings. The van der Waals surface area contributed by atoms with Gasteiger partial charge >= 0.3 is 0 Å². The van der Waals surface area contributed by atoms with Crippen LogP contribution in [0.3, 0.4) is 0 Å². The summed E-state index contributed by atoms with van der Waals surface area (Å²) in [6, 6.07) is 3.96. The van der Waals surface area contributed by atoms with Crippen LogP contribution in [0.25, 0.3) is 0 Å². The van der Waals surface area contributed by atoms with Gasteiger partial charge in [0.25, 0.3) is 0 Å². The Labute approximate surface area is 97.1 Å². The minimum atomic E-state index is 0.0713. The van der Waals surface area contributed by atoms with Crippen LogP contribution < -0.4 is 4.90 Å². The number of hydrogen-bond acceptors (Lipinski definition) is 3. The van der Waals surface area contributed by atoms with Crippen molar-refractivity contribution in [2.75, 3.05) is 18.0 Å². The lowest BCUT2D eigenvalue weighted by molar-refractivity contribution is 0.281. The molecule has 16 heavy (non-hydrogen) atoms. The van der Waals surface area contributed by atoms with Crippen molar-refractivity contribution in [2.24, 2.45) is 11.8 Å². The zero-order chi connectivity index (χ0) is 11.5. The number of rotatable bonds is 3. The third kappa shape index (κ3) is 2.35. The molecule has 1 aliphatic rings. The summed E-state index contributed by atoms with van der Waals surface area (Å²) in [6.45, 7) is 6.87. The second-order valence-electron chi connectivity index (χ2n) is 4.92. The SMILES string of the molecule is CC(C)[C@H]1CCN(c2ccc(CO)cn2)C1. The molecule has 0 saturated carbocycles. The third-order valence-electron chi connectivity index (χ3n) is 3.48. The molecule has 1 saturated heterocycles. The molecule has 3 heteroatoms. The Morgan fingerprint density at radius 2 is 2.31 bits per heavy atom. The van der Waals surface area contributed by atoms with Crippen LogP contribution in [0.1, 0.15) is 25.8 Å². The van der Waals surface area contributed by atoms with Crippen LogP contribution >= 0.6 is 0 Å². The topological polar surface area (TPSA) is 36.4 Å². The van der Waals surface area contributed by atoms with Gasteiger partial charge in [-0.05, 0) is 29.9 Å². The maximum absolute atomic E-state index is 8.96. The van der Waals surface area contributed by atoms with Gasteiger partial charge in [-0.3, -0.25) is 0 Å². The molecule has 0 aromatic carbocycles. The largest absolute Gasteiger partial charge is 0.392 e. The molecule has 1 fully saturated rings. The van der Waals surface area contributed by atoms with Gasteiger partial charge in [0.15, 0.2) is 0 Å². The van der Waals surface area contributed by atoms with Gasteiger partial charge in [0.05, 0.1) is 6.61 Å².